The number of nitrogens with one attached hydrogen (secondary N) is 1. The molecule has 1 N–H and O–H groups in total. The van der Waals surface area contributed by atoms with Crippen LogP contribution in [0.25, 0.3) is 0 Å². The largest absolute Gasteiger partial charge is 0.370 e. The summed E-state index contributed by atoms with van der Waals surface area (Å²) in [7, 11) is 6.01. The molecule has 0 fully saturated rings. The first-order valence-corrected chi connectivity index (χ1v) is 7.01. The number of nitrogens with zero attached hydrogens (tertiary/aromatic N) is 3. The summed E-state index contributed by atoms with van der Waals surface area (Å²) in [5.74, 6) is 0. The van der Waals surface area contributed by atoms with Crippen LogP contribution in [0.5, 0.6) is 0 Å². The van der Waals surface area contributed by atoms with Gasteiger partial charge in [0.15, 0.2) is 0 Å². The fraction of sp³-hybridized carbons (Fsp3) is 0.357. The summed E-state index contributed by atoms with van der Waals surface area (Å²) in [5.41, 5.74) is 3.73. The minimum absolute atomic E-state index is 0.853. The van der Waals surface area contributed by atoms with E-state index in [2.05, 4.69) is 56.5 Å². The zero-order chi connectivity index (χ0) is 13.8. The summed E-state index contributed by atoms with van der Waals surface area (Å²) < 4.78 is 2.94. The molecule has 2 rings (SSSR count). The van der Waals surface area contributed by atoms with E-state index in [1.54, 1.807) is 0 Å². The first kappa shape index (κ1) is 14.1. The van der Waals surface area contributed by atoms with E-state index in [1.807, 2.05) is 31.2 Å². The quantitative estimate of drug-likeness (QED) is 0.918. The van der Waals surface area contributed by atoms with Crippen molar-refractivity contribution in [1.82, 2.24) is 15.1 Å². The van der Waals surface area contributed by atoms with Gasteiger partial charge in [-0.25, -0.2) is 0 Å². The van der Waals surface area contributed by atoms with Gasteiger partial charge in [0.2, 0.25) is 0 Å². The lowest BCUT2D eigenvalue weighted by molar-refractivity contribution is 0.766. The average Bonchev–Trinajstić information content (AvgIpc) is 2.75. The Morgan fingerprint density at radius 2 is 2.21 bits per heavy atom. The Hall–Kier alpha value is -1.33. The van der Waals surface area contributed by atoms with Crippen molar-refractivity contribution < 1.29 is 0 Å². The van der Waals surface area contributed by atoms with E-state index in [0.29, 0.717) is 0 Å². The Labute approximate surface area is 122 Å². The summed E-state index contributed by atoms with van der Waals surface area (Å²) in [6, 6.07) is 6.38. The molecule has 0 bridgehead atoms. The molecule has 4 nitrogen and oxygen atoms in total. The van der Waals surface area contributed by atoms with Crippen molar-refractivity contribution in [3.05, 3.63) is 46.2 Å². The first-order valence-electron chi connectivity index (χ1n) is 6.22. The molecular weight excluding hydrogens is 304 g/mol. The number of hydrogen-bond acceptors (Lipinski definition) is 3. The zero-order valence-electron chi connectivity index (χ0n) is 11.5. The van der Waals surface area contributed by atoms with Gasteiger partial charge in [-0.2, -0.15) is 5.10 Å². The second-order valence-electron chi connectivity index (χ2n) is 4.68. The normalized spacial score (nSPS) is 10.7. The van der Waals surface area contributed by atoms with Gasteiger partial charge < -0.3 is 10.2 Å². The van der Waals surface area contributed by atoms with Gasteiger partial charge in [0.05, 0.1) is 6.20 Å². The van der Waals surface area contributed by atoms with Gasteiger partial charge in [0.1, 0.15) is 0 Å². The second kappa shape index (κ2) is 6.21. The highest BCUT2D eigenvalue weighted by Crippen LogP contribution is 2.25. The van der Waals surface area contributed by atoms with Gasteiger partial charge in [-0.3, -0.25) is 4.68 Å². The van der Waals surface area contributed by atoms with E-state index in [4.69, 9.17) is 0 Å². The molecule has 0 aliphatic carbocycles. The fourth-order valence-electron chi connectivity index (χ4n) is 2.17. The molecule has 2 aromatic rings. The molecule has 102 valence electrons. The van der Waals surface area contributed by atoms with E-state index < -0.39 is 0 Å². The van der Waals surface area contributed by atoms with Crippen molar-refractivity contribution in [2.45, 2.75) is 13.1 Å². The molecule has 0 amide bonds. The smallest absolute Gasteiger partial charge is 0.0539 e. The third-order valence-corrected chi connectivity index (χ3v) is 3.49. The molecule has 1 heterocycles. The number of hydrogen-bond donors (Lipinski definition) is 1. The van der Waals surface area contributed by atoms with Crippen LogP contribution in [-0.4, -0.2) is 23.9 Å². The predicted octanol–water partition coefficient (Wildman–Crippen LogP) is 2.54. The topological polar surface area (TPSA) is 33.1 Å². The van der Waals surface area contributed by atoms with Crippen LogP contribution in [0.2, 0.25) is 0 Å². The highest BCUT2D eigenvalue weighted by Gasteiger charge is 2.09. The van der Waals surface area contributed by atoms with Crippen LogP contribution in [0.15, 0.2) is 35.1 Å². The maximum Gasteiger partial charge on any atom is 0.0539 e. The number of anilines is 1. The van der Waals surface area contributed by atoms with Crippen molar-refractivity contribution in [3.63, 3.8) is 0 Å². The molecule has 5 heteroatoms. The number of halogens is 1. The lowest BCUT2D eigenvalue weighted by Crippen LogP contribution is -2.19. The predicted molar refractivity (Wildman–Crippen MR) is 82.2 cm³/mol. The maximum atomic E-state index is 4.21. The molecule has 0 saturated carbocycles. The second-order valence-corrected chi connectivity index (χ2v) is 5.60. The van der Waals surface area contributed by atoms with Crippen molar-refractivity contribution in [2.75, 3.05) is 19.0 Å². The highest BCUT2D eigenvalue weighted by molar-refractivity contribution is 9.10. The fourth-order valence-corrected chi connectivity index (χ4v) is 2.58. The first-order chi connectivity index (χ1) is 9.10. The summed E-state index contributed by atoms with van der Waals surface area (Å²) in [4.78, 5) is 2.25. The van der Waals surface area contributed by atoms with Gasteiger partial charge >= 0.3 is 0 Å². The van der Waals surface area contributed by atoms with E-state index in [9.17, 15) is 0 Å². The van der Waals surface area contributed by atoms with E-state index in [0.717, 1.165) is 17.6 Å². The molecule has 19 heavy (non-hydrogen) atoms. The highest BCUT2D eigenvalue weighted by atomic mass is 79.9. The van der Waals surface area contributed by atoms with Crippen molar-refractivity contribution >= 4 is 21.6 Å². The number of aryl methyl sites for hydroxylation is 1. The molecule has 0 aliphatic rings. The summed E-state index contributed by atoms with van der Waals surface area (Å²) >= 11 is 3.53. The summed E-state index contributed by atoms with van der Waals surface area (Å²) in [6.07, 6.45) is 3.96. The van der Waals surface area contributed by atoms with Gasteiger partial charge in [0.25, 0.3) is 0 Å². The van der Waals surface area contributed by atoms with E-state index in [1.165, 1.54) is 16.8 Å². The third-order valence-electron chi connectivity index (χ3n) is 3.00. The molecule has 0 spiro atoms. The van der Waals surface area contributed by atoms with Crippen LogP contribution < -0.4 is 10.2 Å². The average molecular weight is 323 g/mol. The molecule has 0 saturated heterocycles. The van der Waals surface area contributed by atoms with Crippen LogP contribution in [0, 0.1) is 0 Å². The Morgan fingerprint density at radius 3 is 2.84 bits per heavy atom. The Morgan fingerprint density at radius 1 is 1.42 bits per heavy atom. The SMILES string of the molecule is CNCc1cc(Br)ccc1N(C)Cc1cnn(C)c1. The van der Waals surface area contributed by atoms with E-state index >= 15 is 0 Å². The zero-order valence-corrected chi connectivity index (χ0v) is 13.1. The van der Waals surface area contributed by atoms with Crippen LogP contribution >= 0.6 is 15.9 Å². The van der Waals surface area contributed by atoms with Gasteiger partial charge in [-0.15, -0.1) is 0 Å². The third kappa shape index (κ3) is 3.58. The lowest BCUT2D eigenvalue weighted by atomic mass is 10.1. The minimum atomic E-state index is 0.853. The standard InChI is InChI=1S/C14H19BrN4/c1-16-8-12-6-13(15)4-5-14(12)18(2)9-11-7-17-19(3)10-11/h4-7,10,16H,8-9H2,1-3H3. The monoisotopic (exact) mass is 322 g/mol. The Bertz CT molecular complexity index is 550. The van der Waals surface area contributed by atoms with Crippen LogP contribution in [0.1, 0.15) is 11.1 Å². The minimum Gasteiger partial charge on any atom is -0.370 e. The molecule has 0 atom stereocenters. The lowest BCUT2D eigenvalue weighted by Gasteiger charge is -2.22. The van der Waals surface area contributed by atoms with Crippen LogP contribution in [0.3, 0.4) is 0 Å². The van der Waals surface area contributed by atoms with Crippen molar-refractivity contribution in [2.24, 2.45) is 7.05 Å². The summed E-state index contributed by atoms with van der Waals surface area (Å²) in [6.45, 7) is 1.71. The van der Waals surface area contributed by atoms with Gasteiger partial charge in [0, 0.05) is 49.1 Å². The Balaban J connectivity index is 2.20. The molecule has 1 aromatic heterocycles. The van der Waals surface area contributed by atoms with Crippen LogP contribution in [-0.2, 0) is 20.1 Å². The molecule has 1 aromatic carbocycles. The Kier molecular flexibility index (Phi) is 4.61. The molecule has 0 aliphatic heterocycles. The number of rotatable bonds is 5. The van der Waals surface area contributed by atoms with Gasteiger partial charge in [-0.1, -0.05) is 15.9 Å². The molecule has 0 radical (unpaired) electrons. The van der Waals surface area contributed by atoms with Crippen molar-refractivity contribution in [3.8, 4) is 0 Å². The molecular formula is C14H19BrN4. The summed E-state index contributed by atoms with van der Waals surface area (Å²) in [5, 5.41) is 7.42. The van der Waals surface area contributed by atoms with E-state index in [-0.39, 0.29) is 0 Å². The van der Waals surface area contributed by atoms with Gasteiger partial charge in [-0.05, 0) is 30.8 Å². The van der Waals surface area contributed by atoms with Crippen molar-refractivity contribution in [1.29, 1.82) is 0 Å². The molecule has 0 unspecified atom stereocenters. The number of benzene rings is 1. The van der Waals surface area contributed by atoms with Crippen LogP contribution in [0.4, 0.5) is 5.69 Å². The maximum absolute atomic E-state index is 4.21. The number of aromatic nitrogens is 2.